The van der Waals surface area contributed by atoms with E-state index >= 15 is 0 Å². The molecule has 0 aliphatic carbocycles. The van der Waals surface area contributed by atoms with Gasteiger partial charge in [-0.1, -0.05) is 18.2 Å². The summed E-state index contributed by atoms with van der Waals surface area (Å²) >= 11 is 0. The number of rotatable bonds is 5. The highest BCUT2D eigenvalue weighted by atomic mass is 16.7. The number of aromatic amines is 1. The lowest BCUT2D eigenvalue weighted by atomic mass is 9.98. The summed E-state index contributed by atoms with van der Waals surface area (Å²) in [5.74, 6) is -0.843. The van der Waals surface area contributed by atoms with Gasteiger partial charge in [0.1, 0.15) is 24.4 Å². The third-order valence-corrected chi connectivity index (χ3v) is 4.51. The second kappa shape index (κ2) is 7.70. The first-order chi connectivity index (χ1) is 12.4. The minimum Gasteiger partial charge on any atom is -0.455 e. The lowest BCUT2D eigenvalue weighted by Crippen LogP contribution is -2.60. The van der Waals surface area contributed by atoms with E-state index in [0.29, 0.717) is 0 Å². The number of para-hydroxylation sites is 1. The smallest absolute Gasteiger partial charge is 0.323 e. The number of carbonyl (C=O) groups excluding carboxylic acids is 1. The fourth-order valence-electron chi connectivity index (χ4n) is 3.05. The van der Waals surface area contributed by atoms with Crippen LogP contribution in [0, 0.1) is 0 Å². The van der Waals surface area contributed by atoms with Gasteiger partial charge in [-0.05, 0) is 11.6 Å². The van der Waals surface area contributed by atoms with E-state index in [9.17, 15) is 20.1 Å². The monoisotopic (exact) mass is 366 g/mol. The summed E-state index contributed by atoms with van der Waals surface area (Å²) in [4.78, 5) is 15.4. The molecule has 9 nitrogen and oxygen atoms in total. The van der Waals surface area contributed by atoms with Gasteiger partial charge in [-0.15, -0.1) is 0 Å². The number of nitrogens with one attached hydrogen (secondary N) is 1. The Morgan fingerprint density at radius 3 is 2.73 bits per heavy atom. The summed E-state index contributed by atoms with van der Waals surface area (Å²) in [6.07, 6.45) is -5.56. The van der Waals surface area contributed by atoms with Crippen LogP contribution in [-0.4, -0.2) is 74.7 Å². The van der Waals surface area contributed by atoms with E-state index in [1.54, 1.807) is 6.20 Å². The molecule has 26 heavy (non-hydrogen) atoms. The van der Waals surface area contributed by atoms with Crippen LogP contribution in [0.3, 0.4) is 0 Å². The van der Waals surface area contributed by atoms with Gasteiger partial charge in [-0.2, -0.15) is 0 Å². The minimum absolute atomic E-state index is 0.185. The Bertz CT molecular complexity index is 764. The van der Waals surface area contributed by atoms with Crippen LogP contribution in [0.1, 0.15) is 5.56 Å². The zero-order chi connectivity index (χ0) is 18.8. The van der Waals surface area contributed by atoms with Crippen molar-refractivity contribution in [1.82, 2.24) is 4.98 Å². The van der Waals surface area contributed by atoms with Crippen LogP contribution in [0.25, 0.3) is 10.9 Å². The van der Waals surface area contributed by atoms with Crippen molar-refractivity contribution in [3.63, 3.8) is 0 Å². The Morgan fingerprint density at radius 2 is 2.00 bits per heavy atom. The number of carbonyl (C=O) groups is 1. The van der Waals surface area contributed by atoms with Gasteiger partial charge in [0.05, 0.1) is 6.61 Å². The number of ether oxygens (including phenoxy) is 2. The van der Waals surface area contributed by atoms with E-state index in [-0.39, 0.29) is 6.42 Å². The van der Waals surface area contributed by atoms with Crippen molar-refractivity contribution < 1.29 is 34.7 Å². The van der Waals surface area contributed by atoms with Crippen LogP contribution in [-0.2, 0) is 20.7 Å². The van der Waals surface area contributed by atoms with Gasteiger partial charge in [-0.25, -0.2) is 0 Å². The first-order valence-electron chi connectivity index (χ1n) is 8.24. The number of benzene rings is 1. The Kier molecular flexibility index (Phi) is 5.56. The predicted molar refractivity (Wildman–Crippen MR) is 89.8 cm³/mol. The molecule has 2 aromatic rings. The summed E-state index contributed by atoms with van der Waals surface area (Å²) in [6.45, 7) is -0.611. The van der Waals surface area contributed by atoms with Gasteiger partial charge in [0, 0.05) is 23.5 Å². The van der Waals surface area contributed by atoms with Crippen molar-refractivity contribution in [1.29, 1.82) is 0 Å². The molecule has 0 bridgehead atoms. The number of aromatic nitrogens is 1. The average molecular weight is 366 g/mol. The Balaban J connectivity index is 1.68. The number of hydrogen-bond donors (Lipinski definition) is 6. The molecule has 142 valence electrons. The average Bonchev–Trinajstić information content (AvgIpc) is 3.04. The molecule has 7 N–H and O–H groups in total. The summed E-state index contributed by atoms with van der Waals surface area (Å²) < 4.78 is 9.96. The Hall–Kier alpha value is -2.01. The number of aliphatic hydroxyl groups excluding tert-OH is 4. The number of aliphatic hydroxyl groups is 4. The highest BCUT2D eigenvalue weighted by Gasteiger charge is 2.46. The quantitative estimate of drug-likeness (QED) is 0.345. The SMILES string of the molecule is N[C@@H](Cc1c[nH]c2ccccc12)C(=O)O[C@H]1[C@H](O)[C@@H](CO)OC(O)[C@@H]1O. The molecule has 0 radical (unpaired) electrons. The number of fused-ring (bicyclic) bond motifs is 1. The molecular formula is C17H22N2O7. The molecule has 6 atom stereocenters. The van der Waals surface area contributed by atoms with Gasteiger partial charge in [-0.3, -0.25) is 4.79 Å². The van der Waals surface area contributed by atoms with Crippen LogP contribution >= 0.6 is 0 Å². The molecule has 9 heteroatoms. The van der Waals surface area contributed by atoms with Gasteiger partial charge >= 0.3 is 5.97 Å². The zero-order valence-corrected chi connectivity index (χ0v) is 13.9. The minimum atomic E-state index is -1.70. The van der Waals surface area contributed by atoms with Gasteiger partial charge in [0.15, 0.2) is 12.4 Å². The number of esters is 1. The maximum Gasteiger partial charge on any atom is 0.323 e. The first-order valence-corrected chi connectivity index (χ1v) is 8.24. The van der Waals surface area contributed by atoms with Crippen molar-refractivity contribution in [3.05, 3.63) is 36.0 Å². The van der Waals surface area contributed by atoms with Crippen molar-refractivity contribution in [2.75, 3.05) is 6.61 Å². The van der Waals surface area contributed by atoms with Gasteiger partial charge in [0.2, 0.25) is 0 Å². The fraction of sp³-hybridized carbons (Fsp3) is 0.471. The van der Waals surface area contributed by atoms with E-state index in [4.69, 9.17) is 20.3 Å². The van der Waals surface area contributed by atoms with Gasteiger partial charge in [0.25, 0.3) is 0 Å². The fourth-order valence-corrected chi connectivity index (χ4v) is 3.05. The summed E-state index contributed by atoms with van der Waals surface area (Å²) in [6, 6.07) is 6.50. The second-order valence-corrected chi connectivity index (χ2v) is 6.30. The third kappa shape index (κ3) is 3.58. The molecule has 1 aliphatic heterocycles. The lowest BCUT2D eigenvalue weighted by Gasteiger charge is -2.39. The first kappa shape index (κ1) is 18.8. The maximum absolute atomic E-state index is 12.3. The standard InChI is InChI=1S/C17H22N2O7/c18-10(5-8-6-19-11-4-2-1-3-9(8)11)16(23)26-15-13(21)12(7-20)25-17(24)14(15)22/h1-4,6,10,12-15,17,19-22,24H,5,7,18H2/t10-,12+,13+,14+,15-,17?/m0/s1. The van der Waals surface area contributed by atoms with Crippen LogP contribution in [0.5, 0.6) is 0 Å². The van der Waals surface area contributed by atoms with E-state index in [1.165, 1.54) is 0 Å². The summed E-state index contributed by atoms with van der Waals surface area (Å²) in [5, 5.41) is 39.7. The maximum atomic E-state index is 12.3. The van der Waals surface area contributed by atoms with E-state index in [2.05, 4.69) is 4.98 Å². The molecule has 0 amide bonds. The molecule has 1 unspecified atom stereocenters. The van der Waals surface area contributed by atoms with Crippen molar-refractivity contribution in [2.45, 2.75) is 43.2 Å². The molecule has 1 saturated heterocycles. The van der Waals surface area contributed by atoms with Crippen molar-refractivity contribution in [2.24, 2.45) is 5.73 Å². The number of H-pyrrole nitrogens is 1. The largest absolute Gasteiger partial charge is 0.455 e. The topological polar surface area (TPSA) is 158 Å². The lowest BCUT2D eigenvalue weighted by molar-refractivity contribution is -0.290. The van der Waals surface area contributed by atoms with Crippen LogP contribution < -0.4 is 5.73 Å². The molecule has 0 spiro atoms. The number of nitrogens with two attached hydrogens (primary N) is 1. The second-order valence-electron chi connectivity index (χ2n) is 6.30. The molecule has 1 aromatic carbocycles. The molecule has 1 aliphatic rings. The molecule has 1 aromatic heterocycles. The molecule has 2 heterocycles. The normalized spacial score (nSPS) is 30.3. The molecule has 1 fully saturated rings. The highest BCUT2D eigenvalue weighted by molar-refractivity contribution is 5.84. The van der Waals surface area contributed by atoms with Crippen LogP contribution in [0.4, 0.5) is 0 Å². The van der Waals surface area contributed by atoms with Crippen molar-refractivity contribution >= 4 is 16.9 Å². The van der Waals surface area contributed by atoms with E-state index < -0.39 is 49.3 Å². The number of hydrogen-bond acceptors (Lipinski definition) is 8. The highest BCUT2D eigenvalue weighted by Crippen LogP contribution is 2.23. The van der Waals surface area contributed by atoms with Gasteiger partial charge < -0.3 is 40.6 Å². The third-order valence-electron chi connectivity index (χ3n) is 4.51. The molecule has 0 saturated carbocycles. The van der Waals surface area contributed by atoms with Crippen LogP contribution in [0.15, 0.2) is 30.5 Å². The molecular weight excluding hydrogens is 344 g/mol. The Labute approximate surface area is 149 Å². The van der Waals surface area contributed by atoms with Crippen molar-refractivity contribution in [3.8, 4) is 0 Å². The molecule has 3 rings (SSSR count). The zero-order valence-electron chi connectivity index (χ0n) is 13.9. The Morgan fingerprint density at radius 1 is 1.27 bits per heavy atom. The van der Waals surface area contributed by atoms with Crippen LogP contribution in [0.2, 0.25) is 0 Å². The van der Waals surface area contributed by atoms with E-state index in [0.717, 1.165) is 16.5 Å². The summed E-state index contributed by atoms with van der Waals surface area (Å²) in [5.41, 5.74) is 7.65. The summed E-state index contributed by atoms with van der Waals surface area (Å²) in [7, 11) is 0. The van der Waals surface area contributed by atoms with E-state index in [1.807, 2.05) is 24.3 Å². The predicted octanol–water partition coefficient (Wildman–Crippen LogP) is -1.62.